The lowest BCUT2D eigenvalue weighted by atomic mass is 9.99. The second-order valence-electron chi connectivity index (χ2n) is 5.39. The van der Waals surface area contributed by atoms with Crippen LogP contribution in [0, 0.1) is 25.7 Å². The number of likely N-dealkylation sites (tertiary alicyclic amines) is 1. The van der Waals surface area contributed by atoms with Gasteiger partial charge in [0, 0.05) is 37.9 Å². The van der Waals surface area contributed by atoms with Gasteiger partial charge in [0.25, 0.3) is 0 Å². The maximum Gasteiger partial charge on any atom is 0.308 e. The predicted molar refractivity (Wildman–Crippen MR) is 68.2 cm³/mol. The second-order valence-corrected chi connectivity index (χ2v) is 5.39. The van der Waals surface area contributed by atoms with E-state index < -0.39 is 5.97 Å². The topological polar surface area (TPSA) is 58.4 Å². The first-order chi connectivity index (χ1) is 8.40. The van der Waals surface area contributed by atoms with Crippen LogP contribution in [0.25, 0.3) is 0 Å². The van der Waals surface area contributed by atoms with Crippen LogP contribution in [0.1, 0.15) is 23.9 Å². The van der Waals surface area contributed by atoms with Gasteiger partial charge in [0.1, 0.15) is 0 Å². The fourth-order valence-corrected chi connectivity index (χ4v) is 2.79. The summed E-state index contributed by atoms with van der Waals surface area (Å²) in [6.45, 7) is 8.39. The lowest BCUT2D eigenvalue weighted by molar-refractivity contribution is -0.142. The molecule has 0 saturated carbocycles. The zero-order valence-electron chi connectivity index (χ0n) is 11.5. The van der Waals surface area contributed by atoms with Crippen LogP contribution in [-0.2, 0) is 18.4 Å². The zero-order chi connectivity index (χ0) is 13.4. The van der Waals surface area contributed by atoms with Gasteiger partial charge in [0.05, 0.1) is 11.6 Å². The zero-order valence-corrected chi connectivity index (χ0v) is 11.5. The highest BCUT2D eigenvalue weighted by Crippen LogP contribution is 2.26. The minimum absolute atomic E-state index is 0.222. The highest BCUT2D eigenvalue weighted by atomic mass is 16.4. The van der Waals surface area contributed by atoms with E-state index in [2.05, 4.69) is 16.9 Å². The van der Waals surface area contributed by atoms with E-state index in [4.69, 9.17) is 5.11 Å². The molecule has 0 radical (unpaired) electrons. The SMILES string of the molecule is Cc1nn(C)c(C)c1CN1CC(C)C(C(=O)O)C1. The van der Waals surface area contributed by atoms with Crippen molar-refractivity contribution in [3.8, 4) is 0 Å². The average Bonchev–Trinajstić information content (AvgIpc) is 2.75. The highest BCUT2D eigenvalue weighted by Gasteiger charge is 2.35. The van der Waals surface area contributed by atoms with E-state index in [1.165, 1.54) is 11.3 Å². The van der Waals surface area contributed by atoms with Crippen LogP contribution in [0.4, 0.5) is 0 Å². The quantitative estimate of drug-likeness (QED) is 0.876. The fourth-order valence-electron chi connectivity index (χ4n) is 2.79. The smallest absolute Gasteiger partial charge is 0.308 e. The van der Waals surface area contributed by atoms with E-state index in [-0.39, 0.29) is 11.8 Å². The molecule has 5 nitrogen and oxygen atoms in total. The molecular weight excluding hydrogens is 230 g/mol. The van der Waals surface area contributed by atoms with Crippen molar-refractivity contribution >= 4 is 5.97 Å². The van der Waals surface area contributed by atoms with Crippen molar-refractivity contribution < 1.29 is 9.90 Å². The molecule has 2 rings (SSSR count). The third-order valence-electron chi connectivity index (χ3n) is 4.05. The first kappa shape index (κ1) is 13.1. The predicted octanol–water partition coefficient (Wildman–Crippen LogP) is 1.19. The van der Waals surface area contributed by atoms with Gasteiger partial charge in [-0.2, -0.15) is 5.10 Å². The van der Waals surface area contributed by atoms with Crippen LogP contribution in [0.5, 0.6) is 0 Å². The van der Waals surface area contributed by atoms with Gasteiger partial charge in [-0.25, -0.2) is 0 Å². The molecule has 5 heteroatoms. The second kappa shape index (κ2) is 4.72. The number of aliphatic carboxylic acids is 1. The normalized spacial score (nSPS) is 24.7. The molecule has 0 aromatic carbocycles. The van der Waals surface area contributed by atoms with Gasteiger partial charge in [0.15, 0.2) is 0 Å². The fraction of sp³-hybridized carbons (Fsp3) is 0.692. The Balaban J connectivity index is 2.10. The van der Waals surface area contributed by atoms with Crippen molar-refractivity contribution in [3.05, 3.63) is 17.0 Å². The molecule has 1 fully saturated rings. The summed E-state index contributed by atoms with van der Waals surface area (Å²) in [7, 11) is 1.94. The van der Waals surface area contributed by atoms with Crippen LogP contribution < -0.4 is 0 Å². The van der Waals surface area contributed by atoms with Gasteiger partial charge in [-0.15, -0.1) is 0 Å². The number of carboxylic acids is 1. The van der Waals surface area contributed by atoms with Crippen LogP contribution in [0.15, 0.2) is 0 Å². The van der Waals surface area contributed by atoms with E-state index in [0.717, 1.165) is 18.8 Å². The summed E-state index contributed by atoms with van der Waals surface area (Å²) in [5, 5.41) is 13.5. The number of aryl methyl sites for hydroxylation is 2. The van der Waals surface area contributed by atoms with E-state index in [1.807, 2.05) is 25.6 Å². The minimum Gasteiger partial charge on any atom is -0.481 e. The lowest BCUT2D eigenvalue weighted by Crippen LogP contribution is -2.23. The maximum absolute atomic E-state index is 11.1. The number of carboxylic acid groups (broad SMARTS) is 1. The Labute approximate surface area is 107 Å². The first-order valence-corrected chi connectivity index (χ1v) is 6.34. The summed E-state index contributed by atoms with van der Waals surface area (Å²) in [5.74, 6) is -0.688. The molecule has 1 aliphatic heterocycles. The molecule has 1 aromatic rings. The number of hydrogen-bond donors (Lipinski definition) is 1. The molecule has 0 spiro atoms. The van der Waals surface area contributed by atoms with Crippen LogP contribution in [0.2, 0.25) is 0 Å². The number of hydrogen-bond acceptors (Lipinski definition) is 3. The molecule has 100 valence electrons. The molecule has 1 aromatic heterocycles. The third kappa shape index (κ3) is 2.27. The van der Waals surface area contributed by atoms with Gasteiger partial charge in [-0.3, -0.25) is 14.4 Å². The molecule has 2 atom stereocenters. The summed E-state index contributed by atoms with van der Waals surface area (Å²) in [6, 6.07) is 0. The number of rotatable bonds is 3. The summed E-state index contributed by atoms with van der Waals surface area (Å²) in [4.78, 5) is 13.3. The Kier molecular flexibility index (Phi) is 3.43. The molecule has 1 saturated heterocycles. The first-order valence-electron chi connectivity index (χ1n) is 6.34. The van der Waals surface area contributed by atoms with Crippen LogP contribution >= 0.6 is 0 Å². The van der Waals surface area contributed by atoms with E-state index in [0.29, 0.717) is 6.54 Å². The van der Waals surface area contributed by atoms with Crippen molar-refractivity contribution in [3.63, 3.8) is 0 Å². The van der Waals surface area contributed by atoms with Crippen molar-refractivity contribution in [2.24, 2.45) is 18.9 Å². The summed E-state index contributed by atoms with van der Waals surface area (Å²) < 4.78 is 1.89. The standard InChI is InChI=1S/C13H21N3O2/c1-8-5-16(6-11(8)13(17)18)7-12-9(2)14-15(4)10(12)3/h8,11H,5-7H2,1-4H3,(H,17,18). The maximum atomic E-state index is 11.1. The Hall–Kier alpha value is -1.36. The summed E-state index contributed by atoms with van der Waals surface area (Å²) >= 11 is 0. The average molecular weight is 251 g/mol. The largest absolute Gasteiger partial charge is 0.481 e. The monoisotopic (exact) mass is 251 g/mol. The Morgan fingerprint density at radius 3 is 2.56 bits per heavy atom. The van der Waals surface area contributed by atoms with Gasteiger partial charge in [-0.05, 0) is 19.8 Å². The molecule has 1 N–H and O–H groups in total. The van der Waals surface area contributed by atoms with E-state index in [1.54, 1.807) is 0 Å². The van der Waals surface area contributed by atoms with Gasteiger partial charge in [0.2, 0.25) is 0 Å². The van der Waals surface area contributed by atoms with Crippen LogP contribution in [0.3, 0.4) is 0 Å². The summed E-state index contributed by atoms with van der Waals surface area (Å²) in [6.07, 6.45) is 0. The molecule has 1 aliphatic rings. The molecule has 2 unspecified atom stereocenters. The van der Waals surface area contributed by atoms with Crippen molar-refractivity contribution in [2.45, 2.75) is 27.3 Å². The van der Waals surface area contributed by atoms with E-state index >= 15 is 0 Å². The minimum atomic E-state index is -0.676. The van der Waals surface area contributed by atoms with Gasteiger partial charge < -0.3 is 5.11 Å². The van der Waals surface area contributed by atoms with Crippen molar-refractivity contribution in [2.75, 3.05) is 13.1 Å². The lowest BCUT2D eigenvalue weighted by Gasteiger charge is -2.15. The molecule has 2 heterocycles. The molecule has 18 heavy (non-hydrogen) atoms. The Morgan fingerprint density at radius 1 is 1.44 bits per heavy atom. The number of nitrogens with zero attached hydrogens (tertiary/aromatic N) is 3. The summed E-state index contributed by atoms with van der Waals surface area (Å²) in [5.41, 5.74) is 3.44. The molecule has 0 amide bonds. The number of aromatic nitrogens is 2. The highest BCUT2D eigenvalue weighted by molar-refractivity contribution is 5.71. The van der Waals surface area contributed by atoms with Crippen molar-refractivity contribution in [1.29, 1.82) is 0 Å². The Bertz CT molecular complexity index is 467. The van der Waals surface area contributed by atoms with Crippen molar-refractivity contribution in [1.82, 2.24) is 14.7 Å². The molecular formula is C13H21N3O2. The Morgan fingerprint density at radius 2 is 2.11 bits per heavy atom. The van der Waals surface area contributed by atoms with Crippen LogP contribution in [-0.4, -0.2) is 38.8 Å². The number of carbonyl (C=O) groups is 1. The third-order valence-corrected chi connectivity index (χ3v) is 4.05. The molecule has 0 aliphatic carbocycles. The molecule has 0 bridgehead atoms. The van der Waals surface area contributed by atoms with E-state index in [9.17, 15) is 4.79 Å². The van der Waals surface area contributed by atoms with Gasteiger partial charge >= 0.3 is 5.97 Å². The van der Waals surface area contributed by atoms with Gasteiger partial charge in [-0.1, -0.05) is 6.92 Å².